The van der Waals surface area contributed by atoms with Gasteiger partial charge in [-0.2, -0.15) is 0 Å². The van der Waals surface area contributed by atoms with Crippen molar-refractivity contribution in [3.05, 3.63) is 24.3 Å². The minimum Gasteiger partial charge on any atom is -0.388 e. The lowest BCUT2D eigenvalue weighted by atomic mass is 9.75. The summed E-state index contributed by atoms with van der Waals surface area (Å²) in [6, 6.07) is 8.88. The largest absolute Gasteiger partial charge is 0.388 e. The number of nitrogens with one attached hydrogen (secondary N) is 1. The fourth-order valence-corrected chi connectivity index (χ4v) is 3.67. The van der Waals surface area contributed by atoms with Gasteiger partial charge in [0.25, 0.3) is 0 Å². The van der Waals surface area contributed by atoms with Gasteiger partial charge in [0.1, 0.15) is 0 Å². The first kappa shape index (κ1) is 11.9. The first-order chi connectivity index (χ1) is 8.86. The average molecular weight is 244 g/mol. The molecule has 1 aliphatic carbocycles. The van der Waals surface area contributed by atoms with Crippen LogP contribution in [0.4, 0.5) is 11.4 Å². The number of anilines is 2. The second kappa shape index (κ2) is 5.21. The fraction of sp³-hybridized carbons (Fsp3) is 0.625. The van der Waals surface area contributed by atoms with Crippen molar-refractivity contribution in [1.82, 2.24) is 0 Å². The molecule has 1 aromatic rings. The predicted octanol–water partition coefficient (Wildman–Crippen LogP) is 3.74. The zero-order chi connectivity index (χ0) is 12.4. The molecule has 2 atom stereocenters. The smallest absolute Gasteiger partial charge is 0.0367 e. The van der Waals surface area contributed by atoms with Gasteiger partial charge >= 0.3 is 0 Å². The van der Waals surface area contributed by atoms with Crippen LogP contribution < -0.4 is 10.2 Å². The van der Waals surface area contributed by atoms with E-state index in [0.717, 1.165) is 11.8 Å². The van der Waals surface area contributed by atoms with E-state index in [0.29, 0.717) is 0 Å². The summed E-state index contributed by atoms with van der Waals surface area (Å²) in [5.74, 6) is 1.98. The Balaban J connectivity index is 1.69. The van der Waals surface area contributed by atoms with Crippen LogP contribution in [0.25, 0.3) is 0 Å². The molecular weight excluding hydrogens is 220 g/mol. The van der Waals surface area contributed by atoms with E-state index in [1.807, 2.05) is 7.05 Å². The third kappa shape index (κ3) is 2.33. The molecule has 0 aromatic heterocycles. The Morgan fingerprint density at radius 1 is 1.00 bits per heavy atom. The van der Waals surface area contributed by atoms with E-state index >= 15 is 0 Å². The maximum atomic E-state index is 3.18. The molecule has 2 nitrogen and oxygen atoms in total. The van der Waals surface area contributed by atoms with Gasteiger partial charge < -0.3 is 10.2 Å². The second-order valence-corrected chi connectivity index (χ2v) is 5.84. The summed E-state index contributed by atoms with van der Waals surface area (Å²) < 4.78 is 0. The Morgan fingerprint density at radius 2 is 1.72 bits per heavy atom. The second-order valence-electron chi connectivity index (χ2n) is 5.84. The molecule has 3 rings (SSSR count). The molecule has 1 aliphatic heterocycles. The molecule has 2 fully saturated rings. The molecule has 2 heteroatoms. The zero-order valence-corrected chi connectivity index (χ0v) is 11.4. The Bertz CT molecular complexity index is 385. The first-order valence-electron chi connectivity index (χ1n) is 7.39. The lowest BCUT2D eigenvalue weighted by Crippen LogP contribution is -2.41. The van der Waals surface area contributed by atoms with Gasteiger partial charge in [-0.3, -0.25) is 0 Å². The number of benzene rings is 1. The lowest BCUT2D eigenvalue weighted by Gasteiger charge is -2.42. The molecule has 1 heterocycles. The highest BCUT2D eigenvalue weighted by Crippen LogP contribution is 2.37. The molecule has 0 radical (unpaired) electrons. The topological polar surface area (TPSA) is 15.3 Å². The number of rotatable bonds is 2. The molecule has 2 aliphatic rings. The van der Waals surface area contributed by atoms with Gasteiger partial charge in [-0.15, -0.1) is 0 Å². The Hall–Kier alpha value is -1.18. The quantitative estimate of drug-likeness (QED) is 0.852. The summed E-state index contributed by atoms with van der Waals surface area (Å²) >= 11 is 0. The molecule has 1 saturated carbocycles. The van der Waals surface area contributed by atoms with Crippen LogP contribution in [0.2, 0.25) is 0 Å². The molecule has 0 amide bonds. The van der Waals surface area contributed by atoms with Gasteiger partial charge in [-0.1, -0.05) is 19.3 Å². The summed E-state index contributed by atoms with van der Waals surface area (Å²) in [5.41, 5.74) is 2.60. The van der Waals surface area contributed by atoms with Crippen LogP contribution in [-0.2, 0) is 0 Å². The molecule has 18 heavy (non-hydrogen) atoms. The van der Waals surface area contributed by atoms with Gasteiger partial charge in [-0.05, 0) is 48.9 Å². The van der Waals surface area contributed by atoms with Crippen molar-refractivity contribution >= 4 is 11.4 Å². The number of hydrogen-bond acceptors (Lipinski definition) is 2. The molecule has 1 saturated heterocycles. The number of hydrogen-bond donors (Lipinski definition) is 1. The van der Waals surface area contributed by atoms with Crippen LogP contribution in [-0.4, -0.2) is 20.1 Å². The van der Waals surface area contributed by atoms with Crippen molar-refractivity contribution in [1.29, 1.82) is 0 Å². The molecule has 0 bridgehead atoms. The normalized spacial score (nSPS) is 27.7. The third-order valence-electron chi connectivity index (χ3n) is 4.81. The van der Waals surface area contributed by atoms with Gasteiger partial charge in [-0.25, -0.2) is 0 Å². The van der Waals surface area contributed by atoms with Crippen LogP contribution in [0.5, 0.6) is 0 Å². The van der Waals surface area contributed by atoms with Gasteiger partial charge in [0.2, 0.25) is 0 Å². The zero-order valence-electron chi connectivity index (χ0n) is 11.4. The maximum Gasteiger partial charge on any atom is 0.0367 e. The Labute approximate surface area is 110 Å². The van der Waals surface area contributed by atoms with E-state index in [1.165, 1.54) is 56.6 Å². The maximum absolute atomic E-state index is 3.18. The molecule has 1 aromatic carbocycles. The van der Waals surface area contributed by atoms with Crippen molar-refractivity contribution in [3.8, 4) is 0 Å². The third-order valence-corrected chi connectivity index (χ3v) is 4.81. The summed E-state index contributed by atoms with van der Waals surface area (Å²) in [5, 5.41) is 3.18. The average Bonchev–Trinajstić information content (AvgIpc) is 2.47. The predicted molar refractivity (Wildman–Crippen MR) is 78.3 cm³/mol. The van der Waals surface area contributed by atoms with Gasteiger partial charge in [0.05, 0.1) is 0 Å². The van der Waals surface area contributed by atoms with E-state index in [1.54, 1.807) is 0 Å². The van der Waals surface area contributed by atoms with Crippen LogP contribution in [0.1, 0.15) is 32.1 Å². The highest BCUT2D eigenvalue weighted by atomic mass is 15.1. The van der Waals surface area contributed by atoms with Crippen molar-refractivity contribution in [2.45, 2.75) is 32.1 Å². The van der Waals surface area contributed by atoms with E-state index in [4.69, 9.17) is 0 Å². The molecule has 98 valence electrons. The summed E-state index contributed by atoms with van der Waals surface area (Å²) in [6.45, 7) is 2.53. The van der Waals surface area contributed by atoms with E-state index in [-0.39, 0.29) is 0 Å². The van der Waals surface area contributed by atoms with E-state index in [2.05, 4.69) is 34.5 Å². The molecule has 0 spiro atoms. The van der Waals surface area contributed by atoms with E-state index < -0.39 is 0 Å². The number of piperidine rings is 1. The monoisotopic (exact) mass is 244 g/mol. The molecule has 1 N–H and O–H groups in total. The minimum atomic E-state index is 0.955. The van der Waals surface area contributed by atoms with Gasteiger partial charge in [0.15, 0.2) is 0 Å². The molecular formula is C16H24N2. The summed E-state index contributed by atoms with van der Waals surface area (Å²) in [4.78, 5) is 2.59. The SMILES string of the molecule is CNc1ccc(N2CC[C@H]3CCCC[C@@H]3C2)cc1. The minimum absolute atomic E-state index is 0.955. The fourth-order valence-electron chi connectivity index (χ4n) is 3.67. The summed E-state index contributed by atoms with van der Waals surface area (Å²) in [7, 11) is 1.97. The molecule has 0 unspecified atom stereocenters. The lowest BCUT2D eigenvalue weighted by molar-refractivity contribution is 0.202. The number of fused-ring (bicyclic) bond motifs is 1. The van der Waals surface area contributed by atoms with Crippen LogP contribution in [0.15, 0.2) is 24.3 Å². The standard InChI is InChI=1S/C16H24N2/c1-17-15-6-8-16(9-7-15)18-11-10-13-4-2-3-5-14(13)12-18/h6-9,13-14,17H,2-5,10-12H2,1H3/t13-,14-/m1/s1. The highest BCUT2D eigenvalue weighted by Gasteiger charge is 2.30. The van der Waals surface area contributed by atoms with Crippen LogP contribution in [0.3, 0.4) is 0 Å². The van der Waals surface area contributed by atoms with E-state index in [9.17, 15) is 0 Å². The van der Waals surface area contributed by atoms with Gasteiger partial charge in [0, 0.05) is 31.5 Å². The van der Waals surface area contributed by atoms with Crippen LogP contribution in [0, 0.1) is 11.8 Å². The number of nitrogens with zero attached hydrogens (tertiary/aromatic N) is 1. The van der Waals surface area contributed by atoms with Crippen molar-refractivity contribution < 1.29 is 0 Å². The van der Waals surface area contributed by atoms with Crippen molar-refractivity contribution in [3.63, 3.8) is 0 Å². The highest BCUT2D eigenvalue weighted by molar-refractivity contribution is 5.55. The summed E-state index contributed by atoms with van der Waals surface area (Å²) in [6.07, 6.45) is 7.26. The first-order valence-corrected chi connectivity index (χ1v) is 7.39. The Morgan fingerprint density at radius 3 is 2.44 bits per heavy atom. The van der Waals surface area contributed by atoms with Crippen LogP contribution >= 0.6 is 0 Å². The van der Waals surface area contributed by atoms with Crippen molar-refractivity contribution in [2.24, 2.45) is 11.8 Å². The Kier molecular flexibility index (Phi) is 3.44. The van der Waals surface area contributed by atoms with Crippen molar-refractivity contribution in [2.75, 3.05) is 30.4 Å².